The van der Waals surface area contributed by atoms with Gasteiger partial charge in [-0.25, -0.2) is 4.79 Å². The molecule has 176 valence electrons. The van der Waals surface area contributed by atoms with Crippen molar-refractivity contribution in [1.82, 2.24) is 20.9 Å². The highest BCUT2D eigenvalue weighted by molar-refractivity contribution is 14.0. The van der Waals surface area contributed by atoms with Gasteiger partial charge in [0.15, 0.2) is 5.96 Å². The molecule has 1 aromatic heterocycles. The Labute approximate surface area is 212 Å². The van der Waals surface area contributed by atoms with E-state index in [0.717, 1.165) is 22.0 Å². The van der Waals surface area contributed by atoms with Crippen LogP contribution in [0.4, 0.5) is 4.79 Å². The lowest BCUT2D eigenvalue weighted by Crippen LogP contribution is -2.44. The van der Waals surface area contributed by atoms with E-state index in [2.05, 4.69) is 32.0 Å². The number of amides is 1. The van der Waals surface area contributed by atoms with Crippen LogP contribution in [0.15, 0.2) is 71.9 Å². The Hall–Kier alpha value is -2.88. The number of nitrogens with zero attached hydrogens (tertiary/aromatic N) is 2. The van der Waals surface area contributed by atoms with Crippen LogP contribution in [0.2, 0.25) is 0 Å². The molecule has 1 amide bonds. The van der Waals surface area contributed by atoms with Crippen molar-refractivity contribution in [3.8, 4) is 0 Å². The summed E-state index contributed by atoms with van der Waals surface area (Å²) in [6, 6.07) is 19.5. The summed E-state index contributed by atoms with van der Waals surface area (Å²) >= 11 is 0. The minimum atomic E-state index is -0.566. The summed E-state index contributed by atoms with van der Waals surface area (Å²) < 4.78 is 5.44. The number of hydrogen-bond acceptors (Lipinski definition) is 4. The minimum absolute atomic E-state index is 0. The number of para-hydroxylation sites is 1. The zero-order valence-electron chi connectivity index (χ0n) is 19.5. The highest BCUT2D eigenvalue weighted by atomic mass is 127. The van der Waals surface area contributed by atoms with Crippen LogP contribution < -0.4 is 16.0 Å². The SMILES string of the molecule is CN=C(NCc1ccnc2ccccc12)NCC(NC(=O)OC(C)(C)C)c1ccccc1.I. The second-order valence-electron chi connectivity index (χ2n) is 8.40. The van der Waals surface area contributed by atoms with Gasteiger partial charge in [-0.1, -0.05) is 48.5 Å². The van der Waals surface area contributed by atoms with Crippen LogP contribution in [0.25, 0.3) is 10.9 Å². The molecule has 1 atom stereocenters. The lowest BCUT2D eigenvalue weighted by atomic mass is 10.1. The van der Waals surface area contributed by atoms with Crippen molar-refractivity contribution in [2.75, 3.05) is 13.6 Å². The van der Waals surface area contributed by atoms with Gasteiger partial charge < -0.3 is 20.7 Å². The molecule has 0 fully saturated rings. The molecule has 3 rings (SSSR count). The first-order valence-electron chi connectivity index (χ1n) is 10.7. The quantitative estimate of drug-likeness (QED) is 0.229. The molecular formula is C25H32IN5O2. The molecule has 0 spiro atoms. The summed E-state index contributed by atoms with van der Waals surface area (Å²) in [4.78, 5) is 21.1. The minimum Gasteiger partial charge on any atom is -0.444 e. The van der Waals surface area contributed by atoms with Gasteiger partial charge >= 0.3 is 6.09 Å². The zero-order valence-corrected chi connectivity index (χ0v) is 21.8. The van der Waals surface area contributed by atoms with Crippen molar-refractivity contribution in [3.05, 3.63) is 78.0 Å². The van der Waals surface area contributed by atoms with Crippen LogP contribution >= 0.6 is 24.0 Å². The van der Waals surface area contributed by atoms with Crippen molar-refractivity contribution in [3.63, 3.8) is 0 Å². The second kappa shape index (κ2) is 12.4. The highest BCUT2D eigenvalue weighted by Crippen LogP contribution is 2.16. The van der Waals surface area contributed by atoms with E-state index in [9.17, 15) is 4.79 Å². The van der Waals surface area contributed by atoms with Crippen LogP contribution in [0, 0.1) is 0 Å². The number of halogens is 1. The fourth-order valence-corrected chi connectivity index (χ4v) is 3.29. The van der Waals surface area contributed by atoms with Crippen molar-refractivity contribution in [2.24, 2.45) is 4.99 Å². The Morgan fingerprint density at radius 2 is 1.73 bits per heavy atom. The lowest BCUT2D eigenvalue weighted by molar-refractivity contribution is 0.0504. The summed E-state index contributed by atoms with van der Waals surface area (Å²) in [5, 5.41) is 10.7. The van der Waals surface area contributed by atoms with Crippen molar-refractivity contribution < 1.29 is 9.53 Å². The number of carbonyl (C=O) groups excluding carboxylic acids is 1. The van der Waals surface area contributed by atoms with Crippen LogP contribution in [-0.2, 0) is 11.3 Å². The molecule has 0 bridgehead atoms. The number of aliphatic imine (C=N–C) groups is 1. The van der Waals surface area contributed by atoms with Gasteiger partial charge in [0, 0.05) is 31.7 Å². The predicted octanol–water partition coefficient (Wildman–Crippen LogP) is 4.78. The van der Waals surface area contributed by atoms with E-state index in [1.807, 2.05) is 81.6 Å². The Morgan fingerprint density at radius 1 is 1.03 bits per heavy atom. The third kappa shape index (κ3) is 8.20. The first kappa shape index (κ1) is 26.4. The third-order valence-electron chi connectivity index (χ3n) is 4.78. The standard InChI is InChI=1S/C25H31N5O2.HI/c1-25(2,3)32-24(31)30-22(18-10-6-5-7-11-18)17-29-23(26-4)28-16-19-14-15-27-21-13-9-8-12-20(19)21;/h5-15,22H,16-17H2,1-4H3,(H,30,31)(H2,26,28,29);1H. The fraction of sp³-hybridized carbons (Fsp3) is 0.320. The van der Waals surface area contributed by atoms with Gasteiger partial charge in [0.25, 0.3) is 0 Å². The third-order valence-corrected chi connectivity index (χ3v) is 4.78. The monoisotopic (exact) mass is 561 g/mol. The topological polar surface area (TPSA) is 87.6 Å². The molecule has 1 heterocycles. The van der Waals surface area contributed by atoms with E-state index in [1.165, 1.54) is 0 Å². The molecule has 1 unspecified atom stereocenters. The van der Waals surface area contributed by atoms with Gasteiger partial charge in [0.05, 0.1) is 11.6 Å². The Bertz CT molecular complexity index is 1060. The molecule has 0 saturated heterocycles. The van der Waals surface area contributed by atoms with Gasteiger partial charge in [-0.15, -0.1) is 24.0 Å². The van der Waals surface area contributed by atoms with Crippen LogP contribution in [0.3, 0.4) is 0 Å². The summed E-state index contributed by atoms with van der Waals surface area (Å²) in [5.74, 6) is 0.637. The maximum atomic E-state index is 12.4. The van der Waals surface area contributed by atoms with Gasteiger partial charge in [-0.05, 0) is 44.0 Å². The van der Waals surface area contributed by atoms with E-state index in [0.29, 0.717) is 19.0 Å². The van der Waals surface area contributed by atoms with Gasteiger partial charge in [-0.3, -0.25) is 9.98 Å². The Morgan fingerprint density at radius 3 is 2.42 bits per heavy atom. The predicted molar refractivity (Wildman–Crippen MR) is 144 cm³/mol. The summed E-state index contributed by atoms with van der Waals surface area (Å²) in [6.07, 6.45) is 1.35. The Kier molecular flexibility index (Phi) is 9.90. The Balaban J connectivity index is 0.00000385. The zero-order chi connectivity index (χ0) is 23.0. The number of fused-ring (bicyclic) bond motifs is 1. The first-order valence-corrected chi connectivity index (χ1v) is 10.7. The number of benzene rings is 2. The number of ether oxygens (including phenoxy) is 1. The maximum absolute atomic E-state index is 12.4. The average molecular weight is 561 g/mol. The van der Waals surface area contributed by atoms with E-state index < -0.39 is 11.7 Å². The number of nitrogens with one attached hydrogen (secondary N) is 3. The molecular weight excluding hydrogens is 529 g/mol. The number of pyridine rings is 1. The van der Waals surface area contributed by atoms with E-state index >= 15 is 0 Å². The number of carbonyl (C=O) groups is 1. The molecule has 8 heteroatoms. The smallest absolute Gasteiger partial charge is 0.408 e. The normalized spacial score (nSPS) is 12.4. The van der Waals surface area contributed by atoms with E-state index in [-0.39, 0.29) is 30.0 Å². The molecule has 0 aliphatic carbocycles. The van der Waals surface area contributed by atoms with Crippen LogP contribution in [0.5, 0.6) is 0 Å². The average Bonchev–Trinajstić information content (AvgIpc) is 2.77. The number of alkyl carbamates (subject to hydrolysis) is 1. The van der Waals surface area contributed by atoms with Crippen LogP contribution in [0.1, 0.15) is 37.9 Å². The number of aromatic nitrogens is 1. The van der Waals surface area contributed by atoms with Crippen molar-refractivity contribution in [2.45, 2.75) is 39.0 Å². The van der Waals surface area contributed by atoms with Crippen molar-refractivity contribution >= 4 is 46.9 Å². The second-order valence-corrected chi connectivity index (χ2v) is 8.40. The summed E-state index contributed by atoms with van der Waals surface area (Å²) in [5.41, 5.74) is 2.50. The van der Waals surface area contributed by atoms with Crippen LogP contribution in [-0.4, -0.2) is 36.2 Å². The maximum Gasteiger partial charge on any atom is 0.408 e. The molecule has 0 radical (unpaired) electrons. The molecule has 3 N–H and O–H groups in total. The first-order chi connectivity index (χ1) is 15.4. The molecule has 33 heavy (non-hydrogen) atoms. The number of guanidine groups is 1. The molecule has 0 aliphatic heterocycles. The summed E-state index contributed by atoms with van der Waals surface area (Å²) in [6.45, 7) is 6.57. The van der Waals surface area contributed by atoms with Gasteiger partial charge in [0.1, 0.15) is 5.60 Å². The van der Waals surface area contributed by atoms with Gasteiger partial charge in [0.2, 0.25) is 0 Å². The molecule has 7 nitrogen and oxygen atoms in total. The number of rotatable bonds is 6. The molecule has 2 aromatic carbocycles. The largest absolute Gasteiger partial charge is 0.444 e. The molecule has 0 aliphatic rings. The lowest BCUT2D eigenvalue weighted by Gasteiger charge is -2.25. The van der Waals surface area contributed by atoms with E-state index in [1.54, 1.807) is 7.05 Å². The highest BCUT2D eigenvalue weighted by Gasteiger charge is 2.20. The summed E-state index contributed by atoms with van der Waals surface area (Å²) in [7, 11) is 1.72. The number of hydrogen-bond donors (Lipinski definition) is 3. The molecule has 0 saturated carbocycles. The van der Waals surface area contributed by atoms with Gasteiger partial charge in [-0.2, -0.15) is 0 Å². The molecule has 3 aromatic rings. The van der Waals surface area contributed by atoms with E-state index in [4.69, 9.17) is 4.74 Å². The fourth-order valence-electron chi connectivity index (χ4n) is 3.29. The van der Waals surface area contributed by atoms with Crippen molar-refractivity contribution in [1.29, 1.82) is 0 Å².